The number of carbonyl (C=O) groups is 1. The maximum absolute atomic E-state index is 11.2. The average Bonchev–Trinajstić information content (AvgIpc) is 2.30. The SMILES string of the molecule is CC(=O)c1ccc(Oc2cccnc2)cc1N. The fourth-order valence-corrected chi connectivity index (χ4v) is 1.47. The van der Waals surface area contributed by atoms with Crippen LogP contribution in [0.2, 0.25) is 0 Å². The molecule has 0 saturated carbocycles. The van der Waals surface area contributed by atoms with Crippen LogP contribution in [0.3, 0.4) is 0 Å². The van der Waals surface area contributed by atoms with Crippen LogP contribution in [0.1, 0.15) is 17.3 Å². The van der Waals surface area contributed by atoms with Crippen molar-refractivity contribution in [2.45, 2.75) is 6.92 Å². The van der Waals surface area contributed by atoms with Gasteiger partial charge in [0.15, 0.2) is 5.78 Å². The number of rotatable bonds is 3. The largest absolute Gasteiger partial charge is 0.456 e. The number of nitrogens with two attached hydrogens (primary N) is 1. The molecule has 2 rings (SSSR count). The number of ether oxygens (including phenoxy) is 1. The normalized spacial score (nSPS) is 9.94. The predicted octanol–water partition coefficient (Wildman–Crippen LogP) is 2.66. The summed E-state index contributed by atoms with van der Waals surface area (Å²) in [6.45, 7) is 1.48. The van der Waals surface area contributed by atoms with Crippen LogP contribution in [0.25, 0.3) is 0 Å². The zero-order chi connectivity index (χ0) is 12.3. The Bertz CT molecular complexity index is 538. The van der Waals surface area contributed by atoms with E-state index < -0.39 is 0 Å². The molecule has 4 heteroatoms. The van der Waals surface area contributed by atoms with Gasteiger partial charge in [0.2, 0.25) is 0 Å². The number of hydrogen-bond donors (Lipinski definition) is 1. The first-order valence-corrected chi connectivity index (χ1v) is 5.15. The van der Waals surface area contributed by atoms with Crippen molar-refractivity contribution in [1.29, 1.82) is 0 Å². The van der Waals surface area contributed by atoms with E-state index in [4.69, 9.17) is 10.5 Å². The van der Waals surface area contributed by atoms with Gasteiger partial charge in [0.1, 0.15) is 11.5 Å². The summed E-state index contributed by atoms with van der Waals surface area (Å²) in [7, 11) is 0. The highest BCUT2D eigenvalue weighted by atomic mass is 16.5. The molecule has 0 fully saturated rings. The smallest absolute Gasteiger partial charge is 0.161 e. The van der Waals surface area contributed by atoms with Gasteiger partial charge in [-0.15, -0.1) is 0 Å². The van der Waals surface area contributed by atoms with Crippen molar-refractivity contribution in [1.82, 2.24) is 4.98 Å². The minimum atomic E-state index is -0.0598. The lowest BCUT2D eigenvalue weighted by Gasteiger charge is -2.07. The molecule has 86 valence electrons. The van der Waals surface area contributed by atoms with Crippen LogP contribution < -0.4 is 10.5 Å². The summed E-state index contributed by atoms with van der Waals surface area (Å²) in [5.41, 5.74) is 6.68. The van der Waals surface area contributed by atoms with Gasteiger partial charge in [0.05, 0.1) is 6.20 Å². The topological polar surface area (TPSA) is 65.2 Å². The number of anilines is 1. The predicted molar refractivity (Wildman–Crippen MR) is 65.2 cm³/mol. The molecular formula is C13H12N2O2. The lowest BCUT2D eigenvalue weighted by Crippen LogP contribution is -1.99. The van der Waals surface area contributed by atoms with Crippen molar-refractivity contribution < 1.29 is 9.53 Å². The summed E-state index contributed by atoms with van der Waals surface area (Å²) in [4.78, 5) is 15.1. The lowest BCUT2D eigenvalue weighted by molar-refractivity contribution is 0.101. The maximum Gasteiger partial charge on any atom is 0.161 e. The van der Waals surface area contributed by atoms with E-state index in [0.29, 0.717) is 22.7 Å². The minimum Gasteiger partial charge on any atom is -0.456 e. The quantitative estimate of drug-likeness (QED) is 0.647. The first kappa shape index (κ1) is 11.1. The van der Waals surface area contributed by atoms with Gasteiger partial charge in [-0.05, 0) is 31.2 Å². The average molecular weight is 228 g/mol. The van der Waals surface area contributed by atoms with Gasteiger partial charge in [0.25, 0.3) is 0 Å². The number of nitrogen functional groups attached to an aromatic ring is 1. The summed E-state index contributed by atoms with van der Waals surface area (Å²) in [6.07, 6.45) is 3.27. The number of pyridine rings is 1. The third kappa shape index (κ3) is 2.60. The van der Waals surface area contributed by atoms with Crippen LogP contribution >= 0.6 is 0 Å². The third-order valence-electron chi connectivity index (χ3n) is 2.27. The Balaban J connectivity index is 2.24. The van der Waals surface area contributed by atoms with Crippen LogP contribution in [0.4, 0.5) is 5.69 Å². The van der Waals surface area contributed by atoms with Crippen molar-refractivity contribution in [3.05, 3.63) is 48.3 Å². The standard InChI is InChI=1S/C13H12N2O2/c1-9(16)12-5-4-10(7-13(12)14)17-11-3-2-6-15-8-11/h2-8H,14H2,1H3. The third-order valence-corrected chi connectivity index (χ3v) is 2.27. The Morgan fingerprint density at radius 2 is 2.12 bits per heavy atom. The summed E-state index contributed by atoms with van der Waals surface area (Å²) in [5.74, 6) is 1.15. The van der Waals surface area contributed by atoms with Crippen LogP contribution in [0.15, 0.2) is 42.7 Å². The Kier molecular flexibility index (Phi) is 3.05. The van der Waals surface area contributed by atoms with E-state index in [2.05, 4.69) is 4.98 Å². The Morgan fingerprint density at radius 3 is 2.71 bits per heavy atom. The molecule has 1 heterocycles. The lowest BCUT2D eigenvalue weighted by atomic mass is 10.1. The van der Waals surface area contributed by atoms with E-state index in [1.807, 2.05) is 0 Å². The van der Waals surface area contributed by atoms with Gasteiger partial charge in [-0.25, -0.2) is 0 Å². The molecular weight excluding hydrogens is 216 g/mol. The zero-order valence-corrected chi connectivity index (χ0v) is 9.38. The highest BCUT2D eigenvalue weighted by Crippen LogP contribution is 2.24. The number of ketones is 1. The number of Topliss-reactive ketones (excluding diaryl/α,β-unsaturated/α-hetero) is 1. The Labute approximate surface area is 99.1 Å². The zero-order valence-electron chi connectivity index (χ0n) is 9.38. The second kappa shape index (κ2) is 4.65. The molecule has 1 aromatic heterocycles. The van der Waals surface area contributed by atoms with Crippen LogP contribution in [-0.4, -0.2) is 10.8 Å². The second-order valence-corrected chi connectivity index (χ2v) is 3.60. The Morgan fingerprint density at radius 1 is 1.29 bits per heavy atom. The first-order chi connectivity index (χ1) is 8.16. The molecule has 0 aliphatic heterocycles. The molecule has 0 unspecified atom stereocenters. The number of carbonyl (C=O) groups excluding carboxylic acids is 1. The van der Waals surface area contributed by atoms with Crippen molar-refractivity contribution >= 4 is 11.5 Å². The second-order valence-electron chi connectivity index (χ2n) is 3.60. The van der Waals surface area contributed by atoms with Gasteiger partial charge in [-0.2, -0.15) is 0 Å². The summed E-state index contributed by atoms with van der Waals surface area (Å²) < 4.78 is 5.54. The van der Waals surface area contributed by atoms with E-state index in [1.165, 1.54) is 6.92 Å². The molecule has 17 heavy (non-hydrogen) atoms. The highest BCUT2D eigenvalue weighted by molar-refractivity contribution is 5.99. The highest BCUT2D eigenvalue weighted by Gasteiger charge is 2.06. The Hall–Kier alpha value is -2.36. The van der Waals surface area contributed by atoms with Crippen molar-refractivity contribution in [2.24, 2.45) is 0 Å². The van der Waals surface area contributed by atoms with Crippen molar-refractivity contribution in [3.63, 3.8) is 0 Å². The molecule has 0 aliphatic rings. The first-order valence-electron chi connectivity index (χ1n) is 5.15. The van der Waals surface area contributed by atoms with Gasteiger partial charge >= 0.3 is 0 Å². The van der Waals surface area contributed by atoms with Crippen LogP contribution in [0, 0.1) is 0 Å². The fraction of sp³-hybridized carbons (Fsp3) is 0.0769. The molecule has 0 bridgehead atoms. The van der Waals surface area contributed by atoms with Crippen molar-refractivity contribution in [2.75, 3.05) is 5.73 Å². The molecule has 0 atom stereocenters. The van der Waals surface area contributed by atoms with E-state index in [-0.39, 0.29) is 5.78 Å². The molecule has 0 amide bonds. The molecule has 0 radical (unpaired) electrons. The number of benzene rings is 1. The number of aromatic nitrogens is 1. The van der Waals surface area contributed by atoms with Gasteiger partial charge in [-0.1, -0.05) is 0 Å². The molecule has 4 nitrogen and oxygen atoms in total. The molecule has 0 spiro atoms. The summed E-state index contributed by atoms with van der Waals surface area (Å²) in [6, 6.07) is 8.57. The monoisotopic (exact) mass is 228 g/mol. The summed E-state index contributed by atoms with van der Waals surface area (Å²) >= 11 is 0. The van der Waals surface area contributed by atoms with Gasteiger partial charge in [0, 0.05) is 23.5 Å². The summed E-state index contributed by atoms with van der Waals surface area (Å²) in [5, 5.41) is 0. The molecule has 2 aromatic rings. The van der Waals surface area contributed by atoms with Gasteiger partial charge in [-0.3, -0.25) is 9.78 Å². The van der Waals surface area contributed by atoms with Crippen LogP contribution in [-0.2, 0) is 0 Å². The van der Waals surface area contributed by atoms with Crippen LogP contribution in [0.5, 0.6) is 11.5 Å². The van der Waals surface area contributed by atoms with E-state index in [9.17, 15) is 4.79 Å². The van der Waals surface area contributed by atoms with E-state index in [0.717, 1.165) is 0 Å². The van der Waals surface area contributed by atoms with Gasteiger partial charge < -0.3 is 10.5 Å². The number of hydrogen-bond acceptors (Lipinski definition) is 4. The molecule has 0 aliphatic carbocycles. The molecule has 0 saturated heterocycles. The fourth-order valence-electron chi connectivity index (χ4n) is 1.47. The van der Waals surface area contributed by atoms with E-state index >= 15 is 0 Å². The minimum absolute atomic E-state index is 0.0598. The van der Waals surface area contributed by atoms with E-state index in [1.54, 1.807) is 42.7 Å². The molecule has 1 aromatic carbocycles. The molecule has 2 N–H and O–H groups in total. The van der Waals surface area contributed by atoms with Crippen molar-refractivity contribution in [3.8, 4) is 11.5 Å². The number of nitrogens with zero attached hydrogens (tertiary/aromatic N) is 1. The maximum atomic E-state index is 11.2.